The number of nitrogens with zero attached hydrogens (tertiary/aromatic N) is 3. The van der Waals surface area contributed by atoms with E-state index in [1.165, 1.54) is 10.9 Å². The average molecular weight is 351 g/mol. The molecule has 3 atom stereocenters. The quantitative estimate of drug-likeness (QED) is 0.652. The number of ether oxygens (including phenoxy) is 2. The van der Waals surface area contributed by atoms with Gasteiger partial charge < -0.3 is 20.3 Å². The lowest BCUT2D eigenvalue weighted by Crippen LogP contribution is -2.31. The number of H-pyrrole nitrogens is 1. The van der Waals surface area contributed by atoms with Crippen LogP contribution in [0, 0.1) is 5.41 Å². The van der Waals surface area contributed by atoms with Crippen LogP contribution in [0.2, 0.25) is 0 Å². The highest BCUT2D eigenvalue weighted by Gasteiger charge is 2.37. The number of hydrogen-bond acceptors (Lipinski definition) is 8. The van der Waals surface area contributed by atoms with Crippen LogP contribution < -0.4 is 11.3 Å². The molecule has 10 nitrogen and oxygen atoms in total. The lowest BCUT2D eigenvalue weighted by molar-refractivity contribution is -0.159. The fourth-order valence-corrected chi connectivity index (χ4v) is 2.56. The number of imidazole rings is 1. The van der Waals surface area contributed by atoms with Gasteiger partial charge in [-0.05, 0) is 20.8 Å². The minimum atomic E-state index is -0.824. The molecule has 3 rings (SSSR count). The number of nitrogen functional groups attached to an aromatic ring is 1. The number of aliphatic hydroxyl groups is 1. The van der Waals surface area contributed by atoms with E-state index in [9.17, 15) is 14.7 Å². The van der Waals surface area contributed by atoms with Gasteiger partial charge in [-0.2, -0.15) is 4.98 Å². The zero-order chi connectivity index (χ0) is 18.4. The van der Waals surface area contributed by atoms with Crippen LogP contribution >= 0.6 is 0 Å². The smallest absolute Gasteiger partial charge is 0.311 e. The molecule has 0 spiro atoms. The van der Waals surface area contributed by atoms with Gasteiger partial charge in [-0.25, -0.2) is 4.98 Å². The molecule has 1 fully saturated rings. The number of anilines is 1. The van der Waals surface area contributed by atoms with Gasteiger partial charge in [-0.3, -0.25) is 19.1 Å². The van der Waals surface area contributed by atoms with Gasteiger partial charge >= 0.3 is 5.97 Å². The minimum absolute atomic E-state index is 0.0338. The van der Waals surface area contributed by atoms with Gasteiger partial charge in [-0.1, -0.05) is 0 Å². The van der Waals surface area contributed by atoms with Crippen molar-refractivity contribution < 1.29 is 19.4 Å². The second kappa shape index (κ2) is 6.12. The molecular weight excluding hydrogens is 330 g/mol. The summed E-state index contributed by atoms with van der Waals surface area (Å²) in [5.41, 5.74) is 4.89. The number of aromatic amines is 1. The van der Waals surface area contributed by atoms with Crippen molar-refractivity contribution in [1.82, 2.24) is 19.5 Å². The molecule has 2 aromatic heterocycles. The first-order valence-electron chi connectivity index (χ1n) is 7.90. The van der Waals surface area contributed by atoms with E-state index in [4.69, 9.17) is 15.2 Å². The molecule has 136 valence electrons. The van der Waals surface area contributed by atoms with Crippen molar-refractivity contribution in [2.75, 3.05) is 12.3 Å². The maximum atomic E-state index is 11.9. The number of carbonyl (C=O) groups excluding carboxylic acids is 1. The van der Waals surface area contributed by atoms with Crippen LogP contribution in [-0.2, 0) is 14.3 Å². The average Bonchev–Trinajstić information content (AvgIpc) is 3.07. The van der Waals surface area contributed by atoms with Crippen LogP contribution in [0.3, 0.4) is 0 Å². The van der Waals surface area contributed by atoms with Crippen LogP contribution in [0.15, 0.2) is 11.1 Å². The van der Waals surface area contributed by atoms with Crippen molar-refractivity contribution >= 4 is 23.1 Å². The van der Waals surface area contributed by atoms with E-state index < -0.39 is 29.4 Å². The summed E-state index contributed by atoms with van der Waals surface area (Å²) in [5.74, 6) is -0.408. The van der Waals surface area contributed by atoms with E-state index in [2.05, 4.69) is 15.0 Å². The van der Waals surface area contributed by atoms with E-state index in [1.54, 1.807) is 20.8 Å². The fourth-order valence-electron chi connectivity index (χ4n) is 2.56. The lowest BCUT2D eigenvalue weighted by atomic mass is 9.97. The Morgan fingerprint density at radius 3 is 2.96 bits per heavy atom. The standard InChI is InChI=1S/C15H21N5O5/c1-15(2,3)13(23)24-5-8-7(21)4-9(25-8)20-6-17-10-11(20)18-14(16)19-12(10)22/h6-9,21H,4-5H2,1-3H3,(H3,16,18,19,22)/t7-,8+,9+/m0/s1. The lowest BCUT2D eigenvalue weighted by Gasteiger charge is -2.20. The molecule has 1 saturated heterocycles. The van der Waals surface area contributed by atoms with Crippen LogP contribution in [0.4, 0.5) is 5.95 Å². The number of esters is 1. The SMILES string of the molecule is CC(C)(C)C(=O)OC[C@H]1O[C@@H](n2cnc3c(=O)[nH]c(N)nc32)C[C@@H]1O. The van der Waals surface area contributed by atoms with Crippen LogP contribution in [0.5, 0.6) is 0 Å². The third kappa shape index (κ3) is 3.35. The Bertz CT molecular complexity index is 852. The Hall–Kier alpha value is -2.46. The molecule has 1 aliphatic heterocycles. The molecule has 0 radical (unpaired) electrons. The molecule has 0 saturated carbocycles. The third-order valence-corrected chi connectivity index (χ3v) is 3.96. The number of aliphatic hydroxyl groups excluding tert-OH is 1. The van der Waals surface area contributed by atoms with E-state index >= 15 is 0 Å². The van der Waals surface area contributed by atoms with E-state index in [-0.39, 0.29) is 36.1 Å². The zero-order valence-corrected chi connectivity index (χ0v) is 14.2. The van der Waals surface area contributed by atoms with Crippen molar-refractivity contribution in [3.8, 4) is 0 Å². The highest BCUT2D eigenvalue weighted by Crippen LogP contribution is 2.31. The molecule has 4 N–H and O–H groups in total. The summed E-state index contributed by atoms with van der Waals surface area (Å²) < 4.78 is 12.5. The molecule has 3 heterocycles. The number of nitrogens with one attached hydrogen (secondary N) is 1. The summed E-state index contributed by atoms with van der Waals surface area (Å²) in [5, 5.41) is 10.2. The normalized spacial score (nSPS) is 23.9. The summed E-state index contributed by atoms with van der Waals surface area (Å²) in [4.78, 5) is 34.1. The molecular formula is C15H21N5O5. The van der Waals surface area contributed by atoms with Crippen LogP contribution in [0.25, 0.3) is 11.2 Å². The van der Waals surface area contributed by atoms with Crippen LogP contribution in [-0.4, -0.2) is 49.4 Å². The minimum Gasteiger partial charge on any atom is -0.462 e. The van der Waals surface area contributed by atoms with Crippen molar-refractivity contribution in [2.45, 2.75) is 45.6 Å². The number of hydrogen-bond donors (Lipinski definition) is 3. The fraction of sp³-hybridized carbons (Fsp3) is 0.600. The number of nitrogens with two attached hydrogens (primary N) is 1. The van der Waals surface area contributed by atoms with Gasteiger partial charge in [0, 0.05) is 6.42 Å². The first-order valence-corrected chi connectivity index (χ1v) is 7.90. The molecule has 10 heteroatoms. The van der Waals surface area contributed by atoms with E-state index in [0.29, 0.717) is 0 Å². The van der Waals surface area contributed by atoms with Gasteiger partial charge in [0.15, 0.2) is 11.2 Å². The topological polar surface area (TPSA) is 145 Å². The second-order valence-corrected chi connectivity index (χ2v) is 7.06. The summed E-state index contributed by atoms with van der Waals surface area (Å²) >= 11 is 0. The maximum absolute atomic E-state index is 11.9. The van der Waals surface area contributed by atoms with Crippen molar-refractivity contribution in [3.05, 3.63) is 16.7 Å². The Morgan fingerprint density at radius 1 is 1.56 bits per heavy atom. The van der Waals surface area contributed by atoms with Gasteiger partial charge in [0.2, 0.25) is 5.95 Å². The Balaban J connectivity index is 1.76. The molecule has 0 aliphatic carbocycles. The van der Waals surface area contributed by atoms with Crippen molar-refractivity contribution in [3.63, 3.8) is 0 Å². The summed E-state index contributed by atoms with van der Waals surface area (Å²) in [7, 11) is 0. The molecule has 25 heavy (non-hydrogen) atoms. The summed E-state index contributed by atoms with van der Waals surface area (Å²) in [6.45, 7) is 5.18. The molecule has 0 aromatic carbocycles. The molecule has 0 amide bonds. The molecule has 1 aliphatic rings. The van der Waals surface area contributed by atoms with Gasteiger partial charge in [-0.15, -0.1) is 0 Å². The predicted octanol–water partition coefficient (Wildman–Crippen LogP) is -0.0605. The molecule has 2 aromatic rings. The van der Waals surface area contributed by atoms with Gasteiger partial charge in [0.1, 0.15) is 18.9 Å². The Kier molecular flexibility index (Phi) is 4.25. The number of aromatic nitrogens is 4. The zero-order valence-electron chi connectivity index (χ0n) is 14.2. The first kappa shape index (κ1) is 17.4. The molecule has 0 bridgehead atoms. The highest BCUT2D eigenvalue weighted by atomic mass is 16.6. The van der Waals surface area contributed by atoms with E-state index in [1.807, 2.05) is 0 Å². The highest BCUT2D eigenvalue weighted by molar-refractivity contribution is 5.75. The van der Waals surface area contributed by atoms with Gasteiger partial charge in [0.05, 0.1) is 17.8 Å². The van der Waals surface area contributed by atoms with Gasteiger partial charge in [0.25, 0.3) is 5.56 Å². The van der Waals surface area contributed by atoms with Crippen LogP contribution in [0.1, 0.15) is 33.4 Å². The largest absolute Gasteiger partial charge is 0.462 e. The summed E-state index contributed by atoms with van der Waals surface area (Å²) in [6.07, 6.45) is -0.431. The number of fused-ring (bicyclic) bond motifs is 1. The predicted molar refractivity (Wildman–Crippen MR) is 87.5 cm³/mol. The molecule has 0 unspecified atom stereocenters. The van der Waals surface area contributed by atoms with E-state index in [0.717, 1.165) is 0 Å². The summed E-state index contributed by atoms with van der Waals surface area (Å²) in [6, 6.07) is 0. The number of carbonyl (C=O) groups is 1. The second-order valence-electron chi connectivity index (χ2n) is 7.06. The number of rotatable bonds is 3. The first-order chi connectivity index (χ1) is 11.7. The third-order valence-electron chi connectivity index (χ3n) is 3.96. The monoisotopic (exact) mass is 351 g/mol. The Labute approximate surface area is 143 Å². The van der Waals surface area contributed by atoms with Crippen molar-refractivity contribution in [2.24, 2.45) is 5.41 Å². The maximum Gasteiger partial charge on any atom is 0.311 e. The van der Waals surface area contributed by atoms with Crippen molar-refractivity contribution in [1.29, 1.82) is 0 Å². The Morgan fingerprint density at radius 2 is 2.28 bits per heavy atom.